The number of carbonyl (C=O) groups is 1. The summed E-state index contributed by atoms with van der Waals surface area (Å²) in [4.78, 5) is 21.9. The smallest absolute Gasteiger partial charge is 0.270 e. The number of benzene rings is 2. The topological polar surface area (TPSA) is 84.2 Å². The molecule has 28 heavy (non-hydrogen) atoms. The minimum absolute atomic E-state index is 0.0954. The van der Waals surface area contributed by atoms with Crippen LogP contribution in [0.2, 0.25) is 0 Å². The molecule has 1 N–H and O–H groups in total. The number of ether oxygens (including phenoxy) is 1. The van der Waals surface area contributed by atoms with Crippen LogP contribution >= 0.6 is 0 Å². The van der Waals surface area contributed by atoms with Crippen LogP contribution in [-0.2, 0) is 6.42 Å². The highest BCUT2D eigenvalue weighted by atomic mass is 16.5. The summed E-state index contributed by atoms with van der Waals surface area (Å²) < 4.78 is 10.5. The summed E-state index contributed by atoms with van der Waals surface area (Å²) in [6.45, 7) is 0.477. The highest BCUT2D eigenvalue weighted by molar-refractivity contribution is 5.98. The molecule has 0 saturated heterocycles. The third-order valence-electron chi connectivity index (χ3n) is 4.57. The largest absolute Gasteiger partial charge is 0.497 e. The summed E-state index contributed by atoms with van der Waals surface area (Å²) in [6, 6.07) is 17.1. The lowest BCUT2D eigenvalue weighted by atomic mass is 10.2. The highest BCUT2D eigenvalue weighted by Crippen LogP contribution is 2.22. The fraction of sp³-hybridized carbons (Fsp3) is 0.190. The van der Waals surface area contributed by atoms with Crippen LogP contribution in [0.1, 0.15) is 16.3 Å². The Balaban J connectivity index is 1.42. The number of aromatic amines is 1. The average Bonchev–Trinajstić information content (AvgIpc) is 3.38. The van der Waals surface area contributed by atoms with Gasteiger partial charge in [-0.25, -0.2) is 0 Å². The number of H-pyrrole nitrogens is 1. The fourth-order valence-electron chi connectivity index (χ4n) is 2.98. The molecule has 0 aliphatic rings. The Morgan fingerprint density at radius 2 is 2.00 bits per heavy atom. The SMILES string of the molecule is COc1ccc2cc(C(=O)N(C)CCc3noc(-c4ccccc4)n3)[nH]c2c1. The summed E-state index contributed by atoms with van der Waals surface area (Å²) in [5, 5.41) is 4.97. The zero-order valence-corrected chi connectivity index (χ0v) is 15.7. The molecule has 2 aromatic carbocycles. The molecule has 7 nitrogen and oxygen atoms in total. The van der Waals surface area contributed by atoms with Gasteiger partial charge < -0.3 is 19.1 Å². The first-order chi connectivity index (χ1) is 13.6. The average molecular weight is 376 g/mol. The number of rotatable bonds is 6. The second-order valence-electron chi connectivity index (χ2n) is 6.49. The molecule has 0 fully saturated rings. The molecule has 2 heterocycles. The van der Waals surface area contributed by atoms with E-state index in [4.69, 9.17) is 9.26 Å². The number of carbonyl (C=O) groups excluding carboxylic acids is 1. The lowest BCUT2D eigenvalue weighted by Gasteiger charge is -2.14. The molecule has 7 heteroatoms. The van der Waals surface area contributed by atoms with E-state index in [1.54, 1.807) is 19.1 Å². The van der Waals surface area contributed by atoms with Crippen LogP contribution in [0, 0.1) is 0 Å². The molecule has 4 aromatic rings. The Bertz CT molecular complexity index is 1100. The van der Waals surface area contributed by atoms with Crippen LogP contribution in [0.5, 0.6) is 5.75 Å². The van der Waals surface area contributed by atoms with E-state index in [-0.39, 0.29) is 5.91 Å². The van der Waals surface area contributed by atoms with E-state index in [9.17, 15) is 4.79 Å². The Morgan fingerprint density at radius 1 is 1.18 bits per heavy atom. The number of fused-ring (bicyclic) bond motifs is 1. The van der Waals surface area contributed by atoms with Gasteiger partial charge >= 0.3 is 0 Å². The first-order valence-corrected chi connectivity index (χ1v) is 8.94. The molecule has 142 valence electrons. The highest BCUT2D eigenvalue weighted by Gasteiger charge is 2.16. The van der Waals surface area contributed by atoms with Crippen molar-refractivity contribution in [2.24, 2.45) is 0 Å². The third kappa shape index (κ3) is 3.59. The first kappa shape index (κ1) is 17.8. The maximum absolute atomic E-state index is 12.7. The van der Waals surface area contributed by atoms with Crippen molar-refractivity contribution < 1.29 is 14.1 Å². The number of aromatic nitrogens is 3. The zero-order valence-electron chi connectivity index (χ0n) is 15.7. The maximum Gasteiger partial charge on any atom is 0.270 e. The van der Waals surface area contributed by atoms with Crippen molar-refractivity contribution in [1.82, 2.24) is 20.0 Å². The molecule has 4 rings (SSSR count). The van der Waals surface area contributed by atoms with E-state index in [0.29, 0.717) is 30.4 Å². The third-order valence-corrected chi connectivity index (χ3v) is 4.57. The summed E-state index contributed by atoms with van der Waals surface area (Å²) in [5.41, 5.74) is 2.27. The van der Waals surface area contributed by atoms with Gasteiger partial charge in [0.15, 0.2) is 5.82 Å². The van der Waals surface area contributed by atoms with E-state index in [2.05, 4.69) is 15.1 Å². The normalized spacial score (nSPS) is 10.9. The van der Waals surface area contributed by atoms with E-state index in [0.717, 1.165) is 22.2 Å². The summed E-state index contributed by atoms with van der Waals surface area (Å²) >= 11 is 0. The number of nitrogens with zero attached hydrogens (tertiary/aromatic N) is 3. The van der Waals surface area contributed by atoms with Crippen LogP contribution < -0.4 is 4.74 Å². The quantitative estimate of drug-likeness (QED) is 0.556. The van der Waals surface area contributed by atoms with E-state index in [1.807, 2.05) is 54.6 Å². The number of likely N-dealkylation sites (N-methyl/N-ethyl adjacent to an activating group) is 1. The van der Waals surface area contributed by atoms with Crippen LogP contribution in [0.15, 0.2) is 59.1 Å². The molecule has 0 unspecified atom stereocenters. The molecule has 0 atom stereocenters. The van der Waals surface area contributed by atoms with Gasteiger partial charge in [-0.15, -0.1) is 0 Å². The van der Waals surface area contributed by atoms with Crippen LogP contribution in [0.3, 0.4) is 0 Å². The molecule has 0 bridgehead atoms. The minimum atomic E-state index is -0.0954. The molecule has 0 spiro atoms. The van der Waals surface area contributed by atoms with Crippen molar-refractivity contribution in [2.75, 3.05) is 20.7 Å². The van der Waals surface area contributed by atoms with Crippen molar-refractivity contribution in [3.8, 4) is 17.2 Å². The molecule has 0 saturated carbocycles. The Labute approximate surface area is 161 Å². The predicted molar refractivity (Wildman–Crippen MR) is 105 cm³/mol. The van der Waals surface area contributed by atoms with Crippen molar-refractivity contribution >= 4 is 16.8 Å². The van der Waals surface area contributed by atoms with Gasteiger partial charge in [0.1, 0.15) is 11.4 Å². The predicted octanol–water partition coefficient (Wildman–Crippen LogP) is 3.54. The molecular weight excluding hydrogens is 356 g/mol. The summed E-state index contributed by atoms with van der Waals surface area (Å²) in [7, 11) is 3.37. The van der Waals surface area contributed by atoms with E-state index >= 15 is 0 Å². The Morgan fingerprint density at radius 3 is 2.79 bits per heavy atom. The lowest BCUT2D eigenvalue weighted by Crippen LogP contribution is -2.29. The van der Waals surface area contributed by atoms with Gasteiger partial charge in [-0.05, 0) is 30.3 Å². The fourth-order valence-corrected chi connectivity index (χ4v) is 2.98. The van der Waals surface area contributed by atoms with Gasteiger partial charge in [0.05, 0.1) is 7.11 Å². The maximum atomic E-state index is 12.7. The van der Waals surface area contributed by atoms with Gasteiger partial charge in [-0.3, -0.25) is 4.79 Å². The molecule has 0 radical (unpaired) electrons. The van der Waals surface area contributed by atoms with E-state index < -0.39 is 0 Å². The lowest BCUT2D eigenvalue weighted by molar-refractivity contribution is 0.0791. The second kappa shape index (κ2) is 7.56. The van der Waals surface area contributed by atoms with Gasteiger partial charge in [0.25, 0.3) is 11.8 Å². The van der Waals surface area contributed by atoms with Crippen molar-refractivity contribution in [1.29, 1.82) is 0 Å². The number of hydrogen-bond acceptors (Lipinski definition) is 5. The number of nitrogens with one attached hydrogen (secondary N) is 1. The first-order valence-electron chi connectivity index (χ1n) is 8.94. The molecule has 0 aliphatic carbocycles. The molecular formula is C21H20N4O3. The number of amides is 1. The summed E-state index contributed by atoms with van der Waals surface area (Å²) in [5.74, 6) is 1.70. The van der Waals surface area contributed by atoms with E-state index in [1.165, 1.54) is 0 Å². The van der Waals surface area contributed by atoms with Crippen molar-refractivity contribution in [2.45, 2.75) is 6.42 Å². The van der Waals surface area contributed by atoms with Gasteiger partial charge in [-0.2, -0.15) is 4.98 Å². The standard InChI is InChI=1S/C21H20N4O3/c1-25(11-10-19-23-20(28-24-19)14-6-4-3-5-7-14)21(26)18-12-15-8-9-16(27-2)13-17(15)22-18/h3-9,12-13,22H,10-11H2,1-2H3. The Hall–Kier alpha value is -3.61. The molecule has 2 aromatic heterocycles. The second-order valence-corrected chi connectivity index (χ2v) is 6.49. The van der Waals surface area contributed by atoms with Crippen molar-refractivity contribution in [3.05, 3.63) is 66.1 Å². The van der Waals surface area contributed by atoms with Gasteiger partial charge in [0.2, 0.25) is 0 Å². The zero-order chi connectivity index (χ0) is 19.5. The molecule has 1 amide bonds. The van der Waals surface area contributed by atoms with Crippen molar-refractivity contribution in [3.63, 3.8) is 0 Å². The van der Waals surface area contributed by atoms with Gasteiger partial charge in [-0.1, -0.05) is 23.4 Å². The number of hydrogen-bond donors (Lipinski definition) is 1. The molecule has 0 aliphatic heterocycles. The Kier molecular flexibility index (Phi) is 4.80. The minimum Gasteiger partial charge on any atom is -0.497 e. The van der Waals surface area contributed by atoms with Crippen LogP contribution in [0.25, 0.3) is 22.4 Å². The van der Waals surface area contributed by atoms with Gasteiger partial charge in [0, 0.05) is 42.5 Å². The van der Waals surface area contributed by atoms with Crippen LogP contribution in [0.4, 0.5) is 0 Å². The monoisotopic (exact) mass is 376 g/mol. The summed E-state index contributed by atoms with van der Waals surface area (Å²) in [6.07, 6.45) is 0.507. The number of methoxy groups -OCH3 is 1. The van der Waals surface area contributed by atoms with Crippen LogP contribution in [-0.4, -0.2) is 46.6 Å².